The van der Waals surface area contributed by atoms with Gasteiger partial charge in [-0.25, -0.2) is 4.39 Å². The largest absolute Gasteiger partial charge is 0.493 e. The normalized spacial score (nSPS) is 28.6. The number of fused-ring (bicyclic) bond motifs is 1. The van der Waals surface area contributed by atoms with Crippen LogP contribution in [-0.2, 0) is 0 Å². The standard InChI is InChI=1S/C13H16FNO/c14-10-3-4-11-12(8-16-13(11)6-10)9-2-1-5-15-7-9/h3-4,6,9,12,15H,1-2,5,7-8H2/t9-,12+/m0/s1. The molecule has 1 N–H and O–H groups in total. The summed E-state index contributed by atoms with van der Waals surface area (Å²) < 4.78 is 18.6. The van der Waals surface area contributed by atoms with E-state index in [1.165, 1.54) is 30.5 Å². The third-order valence-corrected chi connectivity index (χ3v) is 3.70. The molecule has 86 valence electrons. The number of hydrogen-bond acceptors (Lipinski definition) is 2. The molecule has 1 aromatic rings. The van der Waals surface area contributed by atoms with Crippen molar-refractivity contribution < 1.29 is 9.13 Å². The van der Waals surface area contributed by atoms with E-state index in [0.717, 1.165) is 18.8 Å². The second kappa shape index (κ2) is 4.06. The first-order valence-electron chi connectivity index (χ1n) is 5.97. The summed E-state index contributed by atoms with van der Waals surface area (Å²) in [6.07, 6.45) is 2.48. The van der Waals surface area contributed by atoms with E-state index in [0.29, 0.717) is 18.4 Å². The predicted molar refractivity (Wildman–Crippen MR) is 60.2 cm³/mol. The lowest BCUT2D eigenvalue weighted by atomic mass is 9.83. The monoisotopic (exact) mass is 221 g/mol. The number of piperidine rings is 1. The van der Waals surface area contributed by atoms with Gasteiger partial charge in [0.1, 0.15) is 11.6 Å². The van der Waals surface area contributed by atoms with E-state index in [4.69, 9.17) is 4.74 Å². The van der Waals surface area contributed by atoms with E-state index in [-0.39, 0.29) is 5.82 Å². The molecule has 16 heavy (non-hydrogen) atoms. The van der Waals surface area contributed by atoms with Gasteiger partial charge in [-0.3, -0.25) is 0 Å². The molecule has 2 aliphatic heterocycles. The number of ether oxygens (including phenoxy) is 1. The van der Waals surface area contributed by atoms with Crippen LogP contribution in [0.1, 0.15) is 24.3 Å². The summed E-state index contributed by atoms with van der Waals surface area (Å²) >= 11 is 0. The number of benzene rings is 1. The summed E-state index contributed by atoms with van der Waals surface area (Å²) in [6.45, 7) is 2.90. The Morgan fingerprint density at radius 2 is 2.31 bits per heavy atom. The van der Waals surface area contributed by atoms with Crippen molar-refractivity contribution in [2.75, 3.05) is 19.7 Å². The van der Waals surface area contributed by atoms with Crippen molar-refractivity contribution in [3.05, 3.63) is 29.6 Å². The zero-order valence-corrected chi connectivity index (χ0v) is 9.21. The highest BCUT2D eigenvalue weighted by Crippen LogP contribution is 2.40. The van der Waals surface area contributed by atoms with Crippen LogP contribution in [0.4, 0.5) is 4.39 Å². The van der Waals surface area contributed by atoms with Crippen molar-refractivity contribution in [3.63, 3.8) is 0 Å². The van der Waals surface area contributed by atoms with E-state index in [9.17, 15) is 4.39 Å². The summed E-state index contributed by atoms with van der Waals surface area (Å²) in [5.41, 5.74) is 1.19. The lowest BCUT2D eigenvalue weighted by molar-refractivity contribution is 0.257. The van der Waals surface area contributed by atoms with Crippen LogP contribution in [0.25, 0.3) is 0 Å². The van der Waals surface area contributed by atoms with Crippen molar-refractivity contribution in [2.24, 2.45) is 5.92 Å². The van der Waals surface area contributed by atoms with Crippen LogP contribution in [0.3, 0.4) is 0 Å². The Hall–Kier alpha value is -1.09. The van der Waals surface area contributed by atoms with Crippen LogP contribution < -0.4 is 10.1 Å². The molecule has 3 heteroatoms. The van der Waals surface area contributed by atoms with Gasteiger partial charge in [0.2, 0.25) is 0 Å². The molecule has 0 spiro atoms. The minimum atomic E-state index is -0.207. The molecule has 0 saturated carbocycles. The SMILES string of the molecule is Fc1ccc2c(c1)OC[C@@H]2[C@H]1CCCNC1. The van der Waals surface area contributed by atoms with Gasteiger partial charge in [0.15, 0.2) is 0 Å². The summed E-state index contributed by atoms with van der Waals surface area (Å²) in [6, 6.07) is 4.93. The highest BCUT2D eigenvalue weighted by Gasteiger charge is 2.32. The molecule has 0 amide bonds. The van der Waals surface area contributed by atoms with Gasteiger partial charge in [0.05, 0.1) is 6.61 Å². The maximum atomic E-state index is 13.0. The fourth-order valence-corrected chi connectivity index (χ4v) is 2.82. The maximum Gasteiger partial charge on any atom is 0.126 e. The molecular formula is C13H16FNO. The lowest BCUT2D eigenvalue weighted by Gasteiger charge is -2.27. The smallest absolute Gasteiger partial charge is 0.126 e. The second-order valence-electron chi connectivity index (χ2n) is 4.71. The van der Waals surface area contributed by atoms with Gasteiger partial charge in [-0.05, 0) is 37.9 Å². The molecule has 0 bridgehead atoms. The summed E-state index contributed by atoms with van der Waals surface area (Å²) in [4.78, 5) is 0. The summed E-state index contributed by atoms with van der Waals surface area (Å²) in [5, 5.41) is 3.42. The van der Waals surface area contributed by atoms with Crippen molar-refractivity contribution in [1.82, 2.24) is 5.32 Å². The van der Waals surface area contributed by atoms with Crippen molar-refractivity contribution in [3.8, 4) is 5.75 Å². The van der Waals surface area contributed by atoms with Crippen LogP contribution in [0.5, 0.6) is 5.75 Å². The molecular weight excluding hydrogens is 205 g/mol. The zero-order chi connectivity index (χ0) is 11.0. The predicted octanol–water partition coefficient (Wildman–Crippen LogP) is 2.30. The van der Waals surface area contributed by atoms with Crippen molar-refractivity contribution >= 4 is 0 Å². The molecule has 2 heterocycles. The van der Waals surface area contributed by atoms with Crippen LogP contribution in [0, 0.1) is 11.7 Å². The van der Waals surface area contributed by atoms with Gasteiger partial charge in [0.25, 0.3) is 0 Å². The van der Waals surface area contributed by atoms with Gasteiger partial charge in [-0.2, -0.15) is 0 Å². The molecule has 3 rings (SSSR count). The number of rotatable bonds is 1. The maximum absolute atomic E-state index is 13.0. The molecule has 0 aromatic heterocycles. The van der Waals surface area contributed by atoms with E-state index in [1.807, 2.05) is 6.07 Å². The third kappa shape index (κ3) is 1.69. The molecule has 2 nitrogen and oxygen atoms in total. The highest BCUT2D eigenvalue weighted by molar-refractivity contribution is 5.40. The Balaban J connectivity index is 1.84. The van der Waals surface area contributed by atoms with Crippen LogP contribution in [-0.4, -0.2) is 19.7 Å². The highest BCUT2D eigenvalue weighted by atomic mass is 19.1. The first-order chi connectivity index (χ1) is 7.84. The fourth-order valence-electron chi connectivity index (χ4n) is 2.82. The van der Waals surface area contributed by atoms with Gasteiger partial charge in [-0.15, -0.1) is 0 Å². The number of hydrogen-bond donors (Lipinski definition) is 1. The molecule has 2 aliphatic rings. The van der Waals surface area contributed by atoms with Crippen molar-refractivity contribution in [1.29, 1.82) is 0 Å². The van der Waals surface area contributed by atoms with Crippen LogP contribution in [0.2, 0.25) is 0 Å². The Kier molecular flexibility index (Phi) is 2.56. The van der Waals surface area contributed by atoms with E-state index in [1.54, 1.807) is 0 Å². The minimum Gasteiger partial charge on any atom is -0.493 e. The quantitative estimate of drug-likeness (QED) is 0.785. The summed E-state index contributed by atoms with van der Waals surface area (Å²) in [5.74, 6) is 1.63. The lowest BCUT2D eigenvalue weighted by Crippen LogP contribution is -2.33. The zero-order valence-electron chi connectivity index (χ0n) is 9.21. The van der Waals surface area contributed by atoms with Gasteiger partial charge < -0.3 is 10.1 Å². The molecule has 0 unspecified atom stereocenters. The first-order valence-corrected chi connectivity index (χ1v) is 5.97. The van der Waals surface area contributed by atoms with Crippen LogP contribution >= 0.6 is 0 Å². The number of nitrogens with one attached hydrogen (secondary N) is 1. The van der Waals surface area contributed by atoms with E-state index < -0.39 is 0 Å². The molecule has 1 aromatic carbocycles. The van der Waals surface area contributed by atoms with E-state index >= 15 is 0 Å². The Morgan fingerprint density at radius 3 is 3.12 bits per heavy atom. The van der Waals surface area contributed by atoms with Gasteiger partial charge in [0, 0.05) is 17.5 Å². The Labute approximate surface area is 94.8 Å². The minimum absolute atomic E-state index is 0.207. The topological polar surface area (TPSA) is 21.3 Å². The van der Waals surface area contributed by atoms with Gasteiger partial charge >= 0.3 is 0 Å². The first kappa shape index (κ1) is 10.1. The van der Waals surface area contributed by atoms with E-state index in [2.05, 4.69) is 5.32 Å². The fraction of sp³-hybridized carbons (Fsp3) is 0.538. The molecule has 1 saturated heterocycles. The molecule has 2 atom stereocenters. The third-order valence-electron chi connectivity index (χ3n) is 3.70. The summed E-state index contributed by atoms with van der Waals surface area (Å²) in [7, 11) is 0. The van der Waals surface area contributed by atoms with Crippen molar-refractivity contribution in [2.45, 2.75) is 18.8 Å². The number of halogens is 1. The van der Waals surface area contributed by atoms with Crippen LogP contribution in [0.15, 0.2) is 18.2 Å². The Bertz CT molecular complexity index is 388. The molecule has 0 aliphatic carbocycles. The van der Waals surface area contributed by atoms with Gasteiger partial charge in [-0.1, -0.05) is 6.07 Å². The Morgan fingerprint density at radius 1 is 1.38 bits per heavy atom. The molecule has 1 fully saturated rings. The second-order valence-corrected chi connectivity index (χ2v) is 4.71. The average Bonchev–Trinajstić information content (AvgIpc) is 2.73. The average molecular weight is 221 g/mol. The molecule has 0 radical (unpaired) electrons.